The van der Waals surface area contributed by atoms with Crippen molar-refractivity contribution in [2.45, 2.75) is 13.1 Å². The van der Waals surface area contributed by atoms with Crippen LogP contribution in [0, 0.1) is 6.92 Å². The Morgan fingerprint density at radius 1 is 1.17 bits per heavy atom. The quantitative estimate of drug-likeness (QED) is 0.515. The van der Waals surface area contributed by atoms with Crippen molar-refractivity contribution in [3.8, 4) is 11.6 Å². The molecule has 0 fully saturated rings. The lowest BCUT2D eigenvalue weighted by atomic mass is 10.2. The monoisotopic (exact) mass is 417 g/mol. The van der Waals surface area contributed by atoms with Crippen molar-refractivity contribution in [2.75, 3.05) is 7.11 Å². The molecule has 3 heterocycles. The number of fused-ring (bicyclic) bond motifs is 1. The third-order valence-corrected chi connectivity index (χ3v) is 4.27. The highest BCUT2D eigenvalue weighted by Crippen LogP contribution is 2.28. The molecule has 1 aromatic carbocycles. The number of ether oxygens (including phenoxy) is 1. The summed E-state index contributed by atoms with van der Waals surface area (Å²) in [7, 11) is 1.50. The molecule has 30 heavy (non-hydrogen) atoms. The Kier molecular flexibility index (Phi) is 4.60. The first kappa shape index (κ1) is 19.4. The predicted octanol–water partition coefficient (Wildman–Crippen LogP) is 2.69. The number of nitrogens with one attached hydrogen (secondary N) is 1. The molecule has 0 aliphatic carbocycles. The first-order chi connectivity index (χ1) is 14.3. The molecule has 0 atom stereocenters. The fourth-order valence-electron chi connectivity index (χ4n) is 2.82. The SMILES string of the molecule is COc1ccccc1N=Cc1c(C)[nH]n(-c2ccc3nnc(C(F)(F)F)n3n2)c1=O. The van der Waals surface area contributed by atoms with Gasteiger partial charge in [0.05, 0.1) is 12.7 Å². The molecular formula is C18H14F3N7O2. The number of nitrogens with zero attached hydrogens (tertiary/aromatic N) is 6. The zero-order valence-electron chi connectivity index (χ0n) is 15.7. The second-order valence-corrected chi connectivity index (χ2v) is 6.20. The van der Waals surface area contributed by atoms with Gasteiger partial charge in [0, 0.05) is 11.9 Å². The molecule has 154 valence electrons. The minimum absolute atomic E-state index is 0.0576. The van der Waals surface area contributed by atoms with E-state index in [-0.39, 0.29) is 17.0 Å². The van der Waals surface area contributed by atoms with Gasteiger partial charge < -0.3 is 4.74 Å². The average molecular weight is 417 g/mol. The maximum absolute atomic E-state index is 13.1. The number of methoxy groups -OCH3 is 1. The number of rotatable bonds is 4. The Bertz CT molecular complexity index is 1320. The van der Waals surface area contributed by atoms with E-state index in [1.165, 1.54) is 25.5 Å². The average Bonchev–Trinajstić information content (AvgIpc) is 3.27. The normalized spacial score (nSPS) is 12.2. The first-order valence-electron chi connectivity index (χ1n) is 8.58. The second-order valence-electron chi connectivity index (χ2n) is 6.20. The van der Waals surface area contributed by atoms with Gasteiger partial charge in [-0.3, -0.25) is 14.9 Å². The lowest BCUT2D eigenvalue weighted by Gasteiger charge is -2.05. The molecule has 1 N–H and O–H groups in total. The van der Waals surface area contributed by atoms with E-state index < -0.39 is 17.6 Å². The zero-order valence-corrected chi connectivity index (χ0v) is 15.7. The van der Waals surface area contributed by atoms with E-state index >= 15 is 0 Å². The third kappa shape index (κ3) is 3.32. The van der Waals surface area contributed by atoms with Crippen LogP contribution in [0.1, 0.15) is 17.1 Å². The molecule has 12 heteroatoms. The number of aliphatic imine (C=N–C) groups is 1. The number of para-hydroxylation sites is 2. The van der Waals surface area contributed by atoms with Crippen LogP contribution in [0.4, 0.5) is 18.9 Å². The van der Waals surface area contributed by atoms with Gasteiger partial charge in [0.1, 0.15) is 11.4 Å². The summed E-state index contributed by atoms with van der Waals surface area (Å²) in [4.78, 5) is 17.1. The first-order valence-corrected chi connectivity index (χ1v) is 8.58. The molecule has 0 bridgehead atoms. The van der Waals surface area contributed by atoms with Crippen molar-refractivity contribution in [1.29, 1.82) is 0 Å². The molecule has 4 aromatic rings. The molecule has 0 spiro atoms. The number of aromatic amines is 1. The second kappa shape index (κ2) is 7.13. The van der Waals surface area contributed by atoms with E-state index in [1.807, 2.05) is 0 Å². The molecule has 0 aliphatic rings. The Labute approximate surface area is 166 Å². The fourth-order valence-corrected chi connectivity index (χ4v) is 2.82. The van der Waals surface area contributed by atoms with Crippen LogP contribution >= 0.6 is 0 Å². The number of alkyl halides is 3. The van der Waals surface area contributed by atoms with Crippen LogP contribution in [0.2, 0.25) is 0 Å². The fraction of sp³-hybridized carbons (Fsp3) is 0.167. The topological polar surface area (TPSA) is 102 Å². The van der Waals surface area contributed by atoms with Crippen LogP contribution in [0.3, 0.4) is 0 Å². The Morgan fingerprint density at radius 2 is 1.93 bits per heavy atom. The van der Waals surface area contributed by atoms with E-state index in [4.69, 9.17) is 4.74 Å². The number of aromatic nitrogens is 6. The summed E-state index contributed by atoms with van der Waals surface area (Å²) in [6.45, 7) is 1.64. The summed E-state index contributed by atoms with van der Waals surface area (Å²) < 4.78 is 46.1. The van der Waals surface area contributed by atoms with Crippen molar-refractivity contribution in [3.05, 3.63) is 63.8 Å². The Hall–Kier alpha value is -3.96. The minimum Gasteiger partial charge on any atom is -0.494 e. The van der Waals surface area contributed by atoms with Gasteiger partial charge in [-0.05, 0) is 31.2 Å². The van der Waals surface area contributed by atoms with Crippen LogP contribution in [0.5, 0.6) is 5.75 Å². The van der Waals surface area contributed by atoms with Crippen LogP contribution in [0.15, 0.2) is 46.2 Å². The molecule has 0 unspecified atom stereocenters. The van der Waals surface area contributed by atoms with Gasteiger partial charge in [-0.15, -0.1) is 15.3 Å². The molecule has 0 saturated heterocycles. The van der Waals surface area contributed by atoms with E-state index in [2.05, 4.69) is 25.4 Å². The number of aryl methyl sites for hydroxylation is 1. The van der Waals surface area contributed by atoms with Crippen molar-refractivity contribution in [1.82, 2.24) is 29.6 Å². The van der Waals surface area contributed by atoms with Crippen LogP contribution in [0.25, 0.3) is 11.5 Å². The van der Waals surface area contributed by atoms with Crippen molar-refractivity contribution in [3.63, 3.8) is 0 Å². The minimum atomic E-state index is -4.74. The van der Waals surface area contributed by atoms with Gasteiger partial charge in [0.25, 0.3) is 11.4 Å². The Morgan fingerprint density at radius 3 is 2.67 bits per heavy atom. The van der Waals surface area contributed by atoms with Crippen molar-refractivity contribution >= 4 is 17.5 Å². The molecule has 0 aliphatic heterocycles. The summed E-state index contributed by atoms with van der Waals surface area (Å²) >= 11 is 0. The van der Waals surface area contributed by atoms with E-state index in [9.17, 15) is 18.0 Å². The molecule has 0 saturated carbocycles. The Balaban J connectivity index is 1.77. The summed E-state index contributed by atoms with van der Waals surface area (Å²) in [5.41, 5.74) is 0.577. The van der Waals surface area contributed by atoms with Crippen LogP contribution in [-0.4, -0.2) is 42.9 Å². The number of H-pyrrole nitrogens is 1. The highest BCUT2D eigenvalue weighted by molar-refractivity contribution is 5.83. The highest BCUT2D eigenvalue weighted by atomic mass is 19.4. The maximum Gasteiger partial charge on any atom is 0.453 e. The summed E-state index contributed by atoms with van der Waals surface area (Å²) in [5.74, 6) is -0.812. The van der Waals surface area contributed by atoms with Gasteiger partial charge in [-0.2, -0.15) is 22.4 Å². The molecule has 9 nitrogen and oxygen atoms in total. The zero-order chi connectivity index (χ0) is 21.5. The van der Waals surface area contributed by atoms with Crippen LogP contribution in [-0.2, 0) is 6.18 Å². The van der Waals surface area contributed by atoms with Crippen molar-refractivity contribution < 1.29 is 17.9 Å². The number of hydrogen-bond acceptors (Lipinski definition) is 6. The molecule has 3 aromatic heterocycles. The highest BCUT2D eigenvalue weighted by Gasteiger charge is 2.37. The smallest absolute Gasteiger partial charge is 0.453 e. The summed E-state index contributed by atoms with van der Waals surface area (Å²) in [6, 6.07) is 9.66. The van der Waals surface area contributed by atoms with Gasteiger partial charge in [0.15, 0.2) is 11.5 Å². The van der Waals surface area contributed by atoms with Gasteiger partial charge in [0.2, 0.25) is 0 Å². The van der Waals surface area contributed by atoms with E-state index in [0.29, 0.717) is 21.6 Å². The number of hydrogen-bond donors (Lipinski definition) is 1. The lowest BCUT2D eigenvalue weighted by Crippen LogP contribution is -2.20. The molecule has 4 rings (SSSR count). The van der Waals surface area contributed by atoms with Gasteiger partial charge >= 0.3 is 6.18 Å². The predicted molar refractivity (Wildman–Crippen MR) is 101 cm³/mol. The molecule has 0 radical (unpaired) electrons. The van der Waals surface area contributed by atoms with E-state index in [0.717, 1.165) is 4.68 Å². The van der Waals surface area contributed by atoms with Gasteiger partial charge in [-0.25, -0.2) is 0 Å². The lowest BCUT2D eigenvalue weighted by molar-refractivity contribution is -0.146. The maximum atomic E-state index is 13.1. The number of halogens is 3. The standard InChI is InChI=1S/C18H14F3N7O2/c1-10-11(9-22-12-5-3-4-6-13(12)30-2)16(29)27(25-10)15-8-7-14-23-24-17(18(19,20)21)28(14)26-15/h3-9,25H,1-2H3. The largest absolute Gasteiger partial charge is 0.494 e. The summed E-state index contributed by atoms with van der Waals surface area (Å²) in [6.07, 6.45) is -3.38. The third-order valence-electron chi connectivity index (χ3n) is 4.27. The summed E-state index contributed by atoms with van der Waals surface area (Å²) in [5, 5.41) is 13.2. The molecular weight excluding hydrogens is 403 g/mol. The number of benzene rings is 1. The van der Waals surface area contributed by atoms with E-state index in [1.54, 1.807) is 31.2 Å². The van der Waals surface area contributed by atoms with Gasteiger partial charge in [-0.1, -0.05) is 12.1 Å². The van der Waals surface area contributed by atoms with Crippen molar-refractivity contribution in [2.24, 2.45) is 4.99 Å². The molecule has 0 amide bonds. The van der Waals surface area contributed by atoms with Crippen LogP contribution < -0.4 is 10.3 Å².